The van der Waals surface area contributed by atoms with Gasteiger partial charge in [0.05, 0.1) is 59.3 Å². The normalized spacial score (nSPS) is 20.5. The smallest absolute Gasteiger partial charge is 0.308 e. The minimum atomic E-state index is -0.291. The van der Waals surface area contributed by atoms with Gasteiger partial charge in [-0.2, -0.15) is 0 Å². The van der Waals surface area contributed by atoms with Crippen LogP contribution in [0.1, 0.15) is 45.4 Å². The largest absolute Gasteiger partial charge is 0.465 e. The molecule has 1 rings (SSSR count). The molecule has 3 unspecified atom stereocenters. The lowest BCUT2D eigenvalue weighted by atomic mass is 9.90. The van der Waals surface area contributed by atoms with Crippen LogP contribution in [-0.2, 0) is 28.5 Å². The number of ether oxygens (including phenoxy) is 4. The van der Waals surface area contributed by atoms with Gasteiger partial charge in [0.2, 0.25) is 0 Å². The summed E-state index contributed by atoms with van der Waals surface area (Å²) in [6.07, 6.45) is 4.54. The zero-order valence-electron chi connectivity index (χ0n) is 16.9. The van der Waals surface area contributed by atoms with Crippen LogP contribution in [0.2, 0.25) is 0 Å². The Labute approximate surface area is 176 Å². The highest BCUT2D eigenvalue weighted by Crippen LogP contribution is 2.34. The fourth-order valence-corrected chi connectivity index (χ4v) is 4.10. The van der Waals surface area contributed by atoms with Gasteiger partial charge in [-0.05, 0) is 19.3 Å². The summed E-state index contributed by atoms with van der Waals surface area (Å²) in [4.78, 5) is 24.4. The van der Waals surface area contributed by atoms with Crippen molar-refractivity contribution in [2.45, 2.75) is 50.3 Å². The number of carbonyl (C=O) groups is 2. The van der Waals surface area contributed by atoms with E-state index < -0.39 is 0 Å². The minimum Gasteiger partial charge on any atom is -0.465 e. The second-order valence-electron chi connectivity index (χ2n) is 6.99. The first-order valence-corrected chi connectivity index (χ1v) is 11.2. The summed E-state index contributed by atoms with van der Waals surface area (Å²) in [6.45, 7) is 4.76. The second kappa shape index (κ2) is 16.3. The lowest BCUT2D eigenvalue weighted by Gasteiger charge is -2.20. The van der Waals surface area contributed by atoms with Gasteiger partial charge in [0.1, 0.15) is 5.78 Å². The molecule has 0 spiro atoms. The predicted octanol–water partition coefficient (Wildman–Crippen LogP) is 2.51. The van der Waals surface area contributed by atoms with E-state index in [0.717, 1.165) is 25.7 Å². The highest BCUT2D eigenvalue weighted by Gasteiger charge is 2.36. The Hall–Kier alpha value is -0.540. The summed E-state index contributed by atoms with van der Waals surface area (Å²) < 4.78 is 21.1. The molecule has 28 heavy (non-hydrogen) atoms. The summed E-state index contributed by atoms with van der Waals surface area (Å²) in [7, 11) is 0. The summed E-state index contributed by atoms with van der Waals surface area (Å²) in [5, 5.41) is 8.55. The topological polar surface area (TPSA) is 91.3 Å². The van der Waals surface area contributed by atoms with Crippen LogP contribution in [0, 0.1) is 11.8 Å². The maximum absolute atomic E-state index is 12.1. The number of hydrogen-bond donors (Lipinski definition) is 1. The van der Waals surface area contributed by atoms with Crippen molar-refractivity contribution in [2.75, 3.05) is 52.9 Å². The van der Waals surface area contributed by atoms with E-state index in [-0.39, 0.29) is 37.4 Å². The molecule has 0 aliphatic heterocycles. The lowest BCUT2D eigenvalue weighted by Crippen LogP contribution is -2.24. The maximum Gasteiger partial charge on any atom is 0.308 e. The molecule has 1 N–H and O–H groups in total. The van der Waals surface area contributed by atoms with Crippen LogP contribution in [0.15, 0.2) is 0 Å². The van der Waals surface area contributed by atoms with E-state index in [1.807, 2.05) is 0 Å². The van der Waals surface area contributed by atoms with Gasteiger partial charge >= 0.3 is 5.97 Å². The fourth-order valence-electron chi connectivity index (χ4n) is 3.24. The molecule has 0 amide bonds. The Bertz CT molecular complexity index is 433. The first-order chi connectivity index (χ1) is 13.6. The van der Waals surface area contributed by atoms with Gasteiger partial charge in [-0.1, -0.05) is 29.3 Å². The molecule has 164 valence electrons. The van der Waals surface area contributed by atoms with Gasteiger partial charge in [0, 0.05) is 23.1 Å². The summed E-state index contributed by atoms with van der Waals surface area (Å²) >= 11 is 3.65. The van der Waals surface area contributed by atoms with Crippen molar-refractivity contribution in [2.24, 2.45) is 11.8 Å². The third-order valence-electron chi connectivity index (χ3n) is 4.74. The quantitative estimate of drug-likeness (QED) is 0.200. The van der Waals surface area contributed by atoms with Crippen molar-refractivity contribution < 1.29 is 33.6 Å². The highest BCUT2D eigenvalue weighted by atomic mass is 79.9. The Morgan fingerprint density at radius 2 is 1.79 bits per heavy atom. The number of Topliss-reactive ketones (excluding diaryl/α,β-unsaturated/α-hetero) is 1. The number of halogens is 1. The Morgan fingerprint density at radius 1 is 1.14 bits per heavy atom. The molecule has 0 aromatic rings. The first-order valence-electron chi connectivity index (χ1n) is 10.2. The number of esters is 1. The molecular formula is C20H35BrO7. The third-order valence-corrected chi connectivity index (χ3v) is 5.58. The maximum atomic E-state index is 12.1. The Morgan fingerprint density at radius 3 is 2.43 bits per heavy atom. The van der Waals surface area contributed by atoms with Gasteiger partial charge in [-0.15, -0.1) is 0 Å². The fraction of sp³-hybridized carbons (Fsp3) is 0.900. The molecule has 0 saturated heterocycles. The van der Waals surface area contributed by atoms with Gasteiger partial charge in [-0.25, -0.2) is 0 Å². The number of ketones is 1. The lowest BCUT2D eigenvalue weighted by molar-refractivity contribution is -0.147. The van der Waals surface area contributed by atoms with Gasteiger partial charge in [0.25, 0.3) is 0 Å². The number of hydrogen-bond acceptors (Lipinski definition) is 7. The van der Waals surface area contributed by atoms with Crippen molar-refractivity contribution in [1.29, 1.82) is 0 Å². The third kappa shape index (κ3) is 11.5. The first kappa shape index (κ1) is 25.5. The number of carbonyl (C=O) groups excluding carboxylic acids is 2. The summed E-state index contributed by atoms with van der Waals surface area (Å²) in [5.41, 5.74) is 0. The molecule has 0 aromatic heterocycles. The molecule has 0 radical (unpaired) electrons. The van der Waals surface area contributed by atoms with Crippen molar-refractivity contribution in [3.05, 3.63) is 0 Å². The van der Waals surface area contributed by atoms with Crippen LogP contribution in [-0.4, -0.2) is 74.5 Å². The number of alkyl halides is 1. The van der Waals surface area contributed by atoms with Gasteiger partial charge in [0.15, 0.2) is 0 Å². The van der Waals surface area contributed by atoms with Crippen LogP contribution in [0.3, 0.4) is 0 Å². The molecule has 0 aromatic carbocycles. The zero-order chi connectivity index (χ0) is 20.6. The Balaban J connectivity index is 2.07. The van der Waals surface area contributed by atoms with Crippen LogP contribution in [0.4, 0.5) is 0 Å². The average molecular weight is 467 g/mol. The van der Waals surface area contributed by atoms with Crippen molar-refractivity contribution in [3.8, 4) is 0 Å². The molecule has 0 bridgehead atoms. The van der Waals surface area contributed by atoms with E-state index in [4.69, 9.17) is 24.1 Å². The van der Waals surface area contributed by atoms with E-state index in [2.05, 4.69) is 22.9 Å². The Kier molecular flexibility index (Phi) is 14.8. The van der Waals surface area contributed by atoms with Gasteiger partial charge < -0.3 is 24.1 Å². The van der Waals surface area contributed by atoms with Crippen LogP contribution in [0.25, 0.3) is 0 Å². The molecule has 3 atom stereocenters. The van der Waals surface area contributed by atoms with Crippen LogP contribution in [0.5, 0.6) is 0 Å². The molecule has 1 aliphatic rings. The van der Waals surface area contributed by atoms with E-state index in [1.54, 1.807) is 0 Å². The van der Waals surface area contributed by atoms with Crippen LogP contribution >= 0.6 is 15.9 Å². The van der Waals surface area contributed by atoms with Crippen molar-refractivity contribution in [1.82, 2.24) is 0 Å². The molecule has 7 nitrogen and oxygen atoms in total. The molecule has 1 saturated carbocycles. The number of rotatable bonds is 17. The number of aliphatic hydroxyl groups excluding tert-OH is 1. The summed E-state index contributed by atoms with van der Waals surface area (Å²) in [5.74, 6) is 0.140. The molecule has 8 heteroatoms. The minimum absolute atomic E-state index is 0.00141. The second-order valence-corrected chi connectivity index (χ2v) is 8.28. The molecule has 1 aliphatic carbocycles. The average Bonchev–Trinajstić information content (AvgIpc) is 3.01. The van der Waals surface area contributed by atoms with E-state index in [0.29, 0.717) is 56.7 Å². The van der Waals surface area contributed by atoms with Crippen molar-refractivity contribution in [3.63, 3.8) is 0 Å². The molecule has 0 heterocycles. The van der Waals surface area contributed by atoms with Crippen LogP contribution < -0.4 is 0 Å². The summed E-state index contributed by atoms with van der Waals surface area (Å²) in [6, 6.07) is 0. The molecular weight excluding hydrogens is 432 g/mol. The highest BCUT2D eigenvalue weighted by molar-refractivity contribution is 9.09. The monoisotopic (exact) mass is 466 g/mol. The van der Waals surface area contributed by atoms with Gasteiger partial charge in [-0.3, -0.25) is 9.59 Å². The van der Waals surface area contributed by atoms with Crippen molar-refractivity contribution >= 4 is 27.7 Å². The van der Waals surface area contributed by atoms with E-state index >= 15 is 0 Å². The SMILES string of the molecule is CCCC(Br)CC1C(=O)CCC1COC(=O)CCOCCOCCOCCO. The zero-order valence-corrected chi connectivity index (χ0v) is 18.5. The number of aliphatic hydroxyl groups is 1. The molecule has 1 fully saturated rings. The van der Waals surface area contributed by atoms with E-state index in [9.17, 15) is 9.59 Å². The van der Waals surface area contributed by atoms with E-state index in [1.165, 1.54) is 0 Å². The standard InChI is InChI=1S/C20H35BrO7/c1-2-3-17(21)14-18-16(4-5-19(18)23)15-28-20(24)6-8-25-10-12-27-13-11-26-9-7-22/h16-18,22H,2-15H2,1H3. The predicted molar refractivity (Wildman–Crippen MR) is 109 cm³/mol.